The summed E-state index contributed by atoms with van der Waals surface area (Å²) in [7, 11) is -3.54. The van der Waals surface area contributed by atoms with Crippen molar-refractivity contribution in [3.8, 4) is 11.5 Å². The van der Waals surface area contributed by atoms with Gasteiger partial charge in [-0.2, -0.15) is 0 Å². The van der Waals surface area contributed by atoms with Crippen molar-refractivity contribution in [3.63, 3.8) is 0 Å². The number of amides is 1. The first kappa shape index (κ1) is 22.8. The standard InChI is InChI=1S/C19H28N2O5S.ClH/c1-2-20-14-15-5-8-21(9-6-15)19(22)7-12-27(23,24)16-3-4-17-18(13-16)26-11-10-25-17;/h3-4,13,15,20H,2,5-12,14H2,1H3;1H. The van der Waals surface area contributed by atoms with Crippen LogP contribution in [-0.4, -0.2) is 64.4 Å². The predicted octanol–water partition coefficient (Wildman–Crippen LogP) is 1.89. The fourth-order valence-electron chi connectivity index (χ4n) is 3.45. The topological polar surface area (TPSA) is 84.9 Å². The molecule has 0 radical (unpaired) electrons. The molecule has 28 heavy (non-hydrogen) atoms. The molecule has 2 aliphatic rings. The number of hydrogen-bond donors (Lipinski definition) is 1. The smallest absolute Gasteiger partial charge is 0.223 e. The van der Waals surface area contributed by atoms with Crippen molar-refractivity contribution in [2.45, 2.75) is 31.1 Å². The van der Waals surface area contributed by atoms with E-state index in [-0.39, 0.29) is 35.4 Å². The largest absolute Gasteiger partial charge is 0.486 e. The Kier molecular flexibility index (Phi) is 8.39. The molecule has 0 bridgehead atoms. The molecule has 0 saturated carbocycles. The van der Waals surface area contributed by atoms with Gasteiger partial charge in [0.25, 0.3) is 0 Å². The van der Waals surface area contributed by atoms with E-state index in [1.807, 2.05) is 0 Å². The van der Waals surface area contributed by atoms with Gasteiger partial charge >= 0.3 is 0 Å². The van der Waals surface area contributed by atoms with E-state index < -0.39 is 9.84 Å². The molecule has 0 unspecified atom stereocenters. The minimum absolute atomic E-state index is 0. The average molecular weight is 433 g/mol. The second-order valence-corrected chi connectivity index (χ2v) is 9.12. The van der Waals surface area contributed by atoms with Crippen LogP contribution in [0.25, 0.3) is 0 Å². The molecular formula is C19H29ClN2O5S. The quantitative estimate of drug-likeness (QED) is 0.708. The highest BCUT2D eigenvalue weighted by atomic mass is 35.5. The summed E-state index contributed by atoms with van der Waals surface area (Å²) in [6.45, 7) is 6.30. The lowest BCUT2D eigenvalue weighted by Gasteiger charge is -2.32. The van der Waals surface area contributed by atoms with Gasteiger partial charge in [0.1, 0.15) is 13.2 Å². The number of rotatable bonds is 7. The van der Waals surface area contributed by atoms with Gasteiger partial charge in [-0.05, 0) is 44.0 Å². The second kappa shape index (κ2) is 10.3. The zero-order valence-corrected chi connectivity index (χ0v) is 17.8. The van der Waals surface area contributed by atoms with Crippen molar-refractivity contribution in [1.82, 2.24) is 10.2 Å². The number of ether oxygens (including phenoxy) is 2. The number of likely N-dealkylation sites (tertiary alicyclic amines) is 1. The predicted molar refractivity (Wildman–Crippen MR) is 109 cm³/mol. The van der Waals surface area contributed by atoms with Gasteiger partial charge in [0.15, 0.2) is 21.3 Å². The third-order valence-corrected chi connectivity index (χ3v) is 6.82. The Morgan fingerprint density at radius 2 is 1.86 bits per heavy atom. The number of hydrogen-bond acceptors (Lipinski definition) is 6. The van der Waals surface area contributed by atoms with E-state index in [1.165, 1.54) is 12.1 Å². The lowest BCUT2D eigenvalue weighted by atomic mass is 9.96. The van der Waals surface area contributed by atoms with Crippen LogP contribution in [0, 0.1) is 5.92 Å². The Labute approximate surface area is 173 Å². The maximum atomic E-state index is 12.6. The van der Waals surface area contributed by atoms with E-state index >= 15 is 0 Å². The number of carbonyl (C=O) groups excluding carboxylic acids is 1. The van der Waals surface area contributed by atoms with Crippen molar-refractivity contribution < 1.29 is 22.7 Å². The van der Waals surface area contributed by atoms with Crippen molar-refractivity contribution in [2.24, 2.45) is 5.92 Å². The van der Waals surface area contributed by atoms with Gasteiger partial charge in [0.05, 0.1) is 10.6 Å². The zero-order chi connectivity index (χ0) is 19.3. The molecule has 7 nitrogen and oxygen atoms in total. The molecule has 1 N–H and O–H groups in total. The normalized spacial score (nSPS) is 17.1. The fraction of sp³-hybridized carbons (Fsp3) is 0.632. The molecular weight excluding hydrogens is 404 g/mol. The first-order valence-electron chi connectivity index (χ1n) is 9.60. The van der Waals surface area contributed by atoms with Crippen LogP contribution in [0.3, 0.4) is 0 Å². The molecule has 1 saturated heterocycles. The van der Waals surface area contributed by atoms with Crippen LogP contribution in [0.4, 0.5) is 0 Å². The number of benzene rings is 1. The number of halogens is 1. The van der Waals surface area contributed by atoms with Crippen molar-refractivity contribution >= 4 is 28.2 Å². The highest BCUT2D eigenvalue weighted by Gasteiger charge is 2.25. The van der Waals surface area contributed by atoms with Crippen LogP contribution in [0.1, 0.15) is 26.2 Å². The minimum Gasteiger partial charge on any atom is -0.486 e. The van der Waals surface area contributed by atoms with Crippen molar-refractivity contribution in [1.29, 1.82) is 0 Å². The molecule has 9 heteroatoms. The summed E-state index contributed by atoms with van der Waals surface area (Å²) in [5.41, 5.74) is 0. The molecule has 0 atom stereocenters. The maximum Gasteiger partial charge on any atom is 0.223 e. The number of nitrogens with one attached hydrogen (secondary N) is 1. The number of fused-ring (bicyclic) bond motifs is 1. The Hall–Kier alpha value is -1.51. The third kappa shape index (κ3) is 5.75. The number of sulfone groups is 1. The summed E-state index contributed by atoms with van der Waals surface area (Å²) in [5, 5.41) is 3.34. The lowest BCUT2D eigenvalue weighted by Crippen LogP contribution is -2.41. The first-order chi connectivity index (χ1) is 13.0. The highest BCUT2D eigenvalue weighted by Crippen LogP contribution is 2.32. The number of nitrogens with zero attached hydrogens (tertiary/aromatic N) is 1. The van der Waals surface area contributed by atoms with Crippen LogP contribution < -0.4 is 14.8 Å². The van der Waals surface area contributed by atoms with Crippen molar-refractivity contribution in [2.75, 3.05) is 45.1 Å². The third-order valence-electron chi connectivity index (χ3n) is 5.11. The van der Waals surface area contributed by atoms with Crippen LogP contribution in [0.2, 0.25) is 0 Å². The van der Waals surface area contributed by atoms with Crippen LogP contribution in [-0.2, 0) is 14.6 Å². The molecule has 3 rings (SSSR count). The van der Waals surface area contributed by atoms with E-state index in [2.05, 4.69) is 12.2 Å². The SMILES string of the molecule is CCNCC1CCN(C(=O)CCS(=O)(=O)c2ccc3c(c2)OCCO3)CC1.Cl. The highest BCUT2D eigenvalue weighted by molar-refractivity contribution is 7.91. The molecule has 158 valence electrons. The summed E-state index contributed by atoms with van der Waals surface area (Å²) in [6.07, 6.45) is 1.94. The molecule has 0 spiro atoms. The van der Waals surface area contributed by atoms with E-state index in [4.69, 9.17) is 9.47 Å². The number of carbonyl (C=O) groups is 1. The molecule has 1 amide bonds. The van der Waals surface area contributed by atoms with Gasteiger partial charge in [-0.3, -0.25) is 4.79 Å². The van der Waals surface area contributed by atoms with Gasteiger partial charge in [0, 0.05) is 25.6 Å². The van der Waals surface area contributed by atoms with E-state index in [0.29, 0.717) is 43.7 Å². The molecule has 1 aromatic rings. The van der Waals surface area contributed by atoms with Gasteiger partial charge in [-0.25, -0.2) is 8.42 Å². The van der Waals surface area contributed by atoms with Crippen LogP contribution >= 0.6 is 12.4 Å². The van der Waals surface area contributed by atoms with Gasteiger partial charge < -0.3 is 19.7 Å². The van der Waals surface area contributed by atoms with E-state index in [1.54, 1.807) is 11.0 Å². The summed E-state index contributed by atoms with van der Waals surface area (Å²) in [6, 6.07) is 4.61. The van der Waals surface area contributed by atoms with Crippen LogP contribution in [0.5, 0.6) is 11.5 Å². The Morgan fingerprint density at radius 3 is 2.54 bits per heavy atom. The van der Waals surface area contributed by atoms with Crippen molar-refractivity contribution in [3.05, 3.63) is 18.2 Å². The lowest BCUT2D eigenvalue weighted by molar-refractivity contribution is -0.132. The van der Waals surface area contributed by atoms with E-state index in [0.717, 1.165) is 25.9 Å². The van der Waals surface area contributed by atoms with Crippen LogP contribution in [0.15, 0.2) is 23.1 Å². The monoisotopic (exact) mass is 432 g/mol. The maximum absolute atomic E-state index is 12.6. The molecule has 2 aliphatic heterocycles. The Bertz CT molecular complexity index is 764. The summed E-state index contributed by atoms with van der Waals surface area (Å²) in [4.78, 5) is 14.4. The minimum atomic E-state index is -3.54. The van der Waals surface area contributed by atoms with E-state index in [9.17, 15) is 13.2 Å². The second-order valence-electron chi connectivity index (χ2n) is 7.01. The van der Waals surface area contributed by atoms with Gasteiger partial charge in [-0.1, -0.05) is 6.92 Å². The number of piperidine rings is 1. The Balaban J connectivity index is 0.00000280. The zero-order valence-electron chi connectivity index (χ0n) is 16.2. The fourth-order valence-corrected chi connectivity index (χ4v) is 4.69. The van der Waals surface area contributed by atoms with Gasteiger partial charge in [0.2, 0.25) is 5.91 Å². The molecule has 0 aliphatic carbocycles. The molecule has 1 aromatic carbocycles. The molecule has 1 fully saturated rings. The Morgan fingerprint density at radius 1 is 1.18 bits per heavy atom. The van der Waals surface area contributed by atoms with Gasteiger partial charge in [-0.15, -0.1) is 12.4 Å². The summed E-state index contributed by atoms with van der Waals surface area (Å²) in [5.74, 6) is 1.31. The summed E-state index contributed by atoms with van der Waals surface area (Å²) < 4.78 is 36.1. The first-order valence-corrected chi connectivity index (χ1v) is 11.3. The summed E-state index contributed by atoms with van der Waals surface area (Å²) >= 11 is 0. The average Bonchev–Trinajstić information content (AvgIpc) is 2.70. The molecule has 2 heterocycles. The molecule has 0 aromatic heterocycles.